The van der Waals surface area contributed by atoms with Crippen LogP contribution in [0.3, 0.4) is 0 Å². The lowest BCUT2D eigenvalue weighted by Gasteiger charge is -2.28. The highest BCUT2D eigenvalue weighted by atomic mass is 16.5. The number of ether oxygens (including phenoxy) is 1. The topological polar surface area (TPSA) is 33.5 Å². The number of rotatable bonds is 9. The van der Waals surface area contributed by atoms with Crippen molar-refractivity contribution in [3.63, 3.8) is 0 Å². The third-order valence-corrected chi connectivity index (χ3v) is 14.4. The van der Waals surface area contributed by atoms with Crippen LogP contribution in [0.15, 0.2) is 225 Å². The van der Waals surface area contributed by atoms with Gasteiger partial charge in [0, 0.05) is 55.6 Å². The van der Waals surface area contributed by atoms with Gasteiger partial charge in [0.1, 0.15) is 24.0 Å². The van der Waals surface area contributed by atoms with Crippen molar-refractivity contribution in [2.45, 2.75) is 59.2 Å². The summed E-state index contributed by atoms with van der Waals surface area (Å²) < 4.78 is 62.9. The van der Waals surface area contributed by atoms with E-state index in [4.69, 9.17) is 13.8 Å². The van der Waals surface area contributed by atoms with Crippen LogP contribution in [0.2, 0.25) is 0 Å². The van der Waals surface area contributed by atoms with Crippen molar-refractivity contribution in [3.8, 4) is 61.8 Å². The lowest BCUT2D eigenvalue weighted by Crippen LogP contribution is -2.25. The molecule has 0 saturated carbocycles. The van der Waals surface area contributed by atoms with Crippen LogP contribution in [-0.4, -0.2) is 16.2 Å². The molecule has 0 spiro atoms. The number of para-hydroxylation sites is 3. The fourth-order valence-electron chi connectivity index (χ4n) is 10.4. The van der Waals surface area contributed by atoms with Gasteiger partial charge in [0.2, 0.25) is 0 Å². The second kappa shape index (κ2) is 18.4. The van der Waals surface area contributed by atoms with E-state index in [-0.39, 0.29) is 40.3 Å². The molecule has 74 heavy (non-hydrogen) atoms. The van der Waals surface area contributed by atoms with E-state index in [2.05, 4.69) is 162 Å². The van der Waals surface area contributed by atoms with E-state index < -0.39 is 6.85 Å². The molecule has 11 aromatic rings. The Hall–Kier alpha value is -8.67. The van der Waals surface area contributed by atoms with Crippen LogP contribution < -0.4 is 14.5 Å². The van der Waals surface area contributed by atoms with Crippen molar-refractivity contribution < 1.29 is 13.0 Å². The Kier molecular flexibility index (Phi) is 9.93. The SMILES string of the molecule is [2H]c1c(Oc2ccc3c4cc(C(C)(C)C)ccc4n(-c4cc(C([2H])([2H])[2H])c(-c5ccccc5)cn4)c3c2)cc(N2CN(c3c(-c4ccc(C(C)(C)C)cc4)cccc3-c3cccc(-c4ccccc4)c3)c3ccccc32)c([2H])c1[2H]. The molecular weight excluding hydrogens is 901 g/mol. The number of aryl methyl sites for hydroxylation is 1. The van der Waals surface area contributed by atoms with Crippen LogP contribution >= 0.6 is 0 Å². The smallest absolute Gasteiger partial charge is 0.137 e. The summed E-state index contributed by atoms with van der Waals surface area (Å²) >= 11 is 0. The highest BCUT2D eigenvalue weighted by Crippen LogP contribution is 2.51. The molecule has 0 radical (unpaired) electrons. The average molecular weight is 967 g/mol. The normalized spacial score (nSPS) is 14.0. The number of benzene rings is 9. The van der Waals surface area contributed by atoms with E-state index in [1.54, 1.807) is 18.3 Å². The summed E-state index contributed by atoms with van der Waals surface area (Å²) in [5, 5.41) is 1.87. The van der Waals surface area contributed by atoms with Gasteiger partial charge in [-0.05, 0) is 123 Å². The molecule has 12 rings (SSSR count). The molecule has 0 bridgehead atoms. The molecule has 1 aliphatic rings. The molecule has 0 unspecified atom stereocenters. The maximum Gasteiger partial charge on any atom is 0.137 e. The molecule has 362 valence electrons. The van der Waals surface area contributed by atoms with Gasteiger partial charge in [-0.3, -0.25) is 4.57 Å². The first-order valence-electron chi connectivity index (χ1n) is 28.3. The van der Waals surface area contributed by atoms with Crippen molar-refractivity contribution in [2.24, 2.45) is 0 Å². The summed E-state index contributed by atoms with van der Waals surface area (Å²) in [5.74, 6) is 0.935. The maximum absolute atomic E-state index is 9.53. The highest BCUT2D eigenvalue weighted by Gasteiger charge is 2.32. The van der Waals surface area contributed by atoms with E-state index in [1.165, 1.54) is 5.56 Å². The number of hydrogen-bond acceptors (Lipinski definition) is 4. The van der Waals surface area contributed by atoms with Crippen LogP contribution in [0.5, 0.6) is 11.5 Å². The molecule has 5 heteroatoms. The predicted octanol–water partition coefficient (Wildman–Crippen LogP) is 18.8. The van der Waals surface area contributed by atoms with Crippen molar-refractivity contribution in [1.82, 2.24) is 9.55 Å². The molecule has 0 saturated heterocycles. The monoisotopic (exact) mass is 967 g/mol. The quantitative estimate of drug-likeness (QED) is 0.144. The zero-order valence-electron chi connectivity index (χ0n) is 48.5. The summed E-state index contributed by atoms with van der Waals surface area (Å²) in [6.07, 6.45) is 1.64. The van der Waals surface area contributed by atoms with Crippen molar-refractivity contribution in [2.75, 3.05) is 16.5 Å². The molecule has 0 amide bonds. The number of hydrogen-bond donors (Lipinski definition) is 0. The fourth-order valence-corrected chi connectivity index (χ4v) is 10.4. The standard InChI is InChI=1S/C69H60N4O/c1-46-39-66(70-44-61(46)48-21-12-9-13-22-48)73-62-38-35-53(69(5,6)7)41-60(62)59-37-36-56(43-65(59)73)74-55-26-17-25-54(42-55)71-45-72(64-30-15-14-29-63(64)71)67-57(49-31-33-52(34-32-49)68(2,3)4)27-18-28-58(67)51-24-16-23-50(40-51)47-19-10-8-11-20-47/h8-44H,45H2,1-7H3/i1D3,17D,25D,26D. The number of pyridine rings is 1. The molecule has 0 fully saturated rings. The second-order valence-corrected chi connectivity index (χ2v) is 21.3. The van der Waals surface area contributed by atoms with Gasteiger partial charge in [-0.1, -0.05) is 187 Å². The first kappa shape index (κ1) is 39.9. The van der Waals surface area contributed by atoms with Crippen LogP contribution in [0.4, 0.5) is 22.7 Å². The molecular formula is C69H60N4O. The van der Waals surface area contributed by atoms with Gasteiger partial charge in [0.15, 0.2) is 0 Å². The zero-order chi connectivity index (χ0) is 55.8. The van der Waals surface area contributed by atoms with E-state index in [0.29, 0.717) is 29.5 Å². The molecule has 0 N–H and O–H groups in total. The van der Waals surface area contributed by atoms with E-state index >= 15 is 0 Å². The van der Waals surface area contributed by atoms with Crippen LogP contribution in [-0.2, 0) is 10.8 Å². The number of fused-ring (bicyclic) bond motifs is 4. The van der Waals surface area contributed by atoms with Crippen LogP contribution in [0, 0.1) is 6.85 Å². The van der Waals surface area contributed by atoms with Crippen LogP contribution in [0.1, 0.15) is 66.5 Å². The molecule has 3 heterocycles. The van der Waals surface area contributed by atoms with E-state index in [1.807, 2.05) is 82.3 Å². The van der Waals surface area contributed by atoms with Gasteiger partial charge in [-0.2, -0.15) is 0 Å². The lowest BCUT2D eigenvalue weighted by atomic mass is 9.85. The molecule has 0 aliphatic carbocycles. The predicted molar refractivity (Wildman–Crippen MR) is 311 cm³/mol. The Morgan fingerprint density at radius 1 is 0.486 bits per heavy atom. The van der Waals surface area contributed by atoms with Crippen LogP contribution in [0.25, 0.3) is 72.1 Å². The third kappa shape index (κ3) is 8.58. The summed E-state index contributed by atoms with van der Waals surface area (Å²) in [6, 6.07) is 66.9. The van der Waals surface area contributed by atoms with Gasteiger partial charge in [0.05, 0.1) is 32.2 Å². The Morgan fingerprint density at radius 3 is 1.85 bits per heavy atom. The third-order valence-electron chi connectivity index (χ3n) is 14.4. The Balaban J connectivity index is 0.978. The molecule has 0 atom stereocenters. The van der Waals surface area contributed by atoms with Gasteiger partial charge in [0.25, 0.3) is 0 Å². The minimum absolute atomic E-state index is 0.0265. The van der Waals surface area contributed by atoms with Crippen molar-refractivity contribution >= 4 is 44.6 Å². The fraction of sp³-hybridized carbons (Fsp3) is 0.145. The first-order valence-corrected chi connectivity index (χ1v) is 25.3. The van der Waals surface area contributed by atoms with E-state index in [0.717, 1.165) is 83.4 Å². The summed E-state index contributed by atoms with van der Waals surface area (Å²) in [5.41, 5.74) is 14.8. The Labute approximate surface area is 444 Å². The Morgan fingerprint density at radius 2 is 1.12 bits per heavy atom. The molecule has 5 nitrogen and oxygen atoms in total. The summed E-state index contributed by atoms with van der Waals surface area (Å²) in [4.78, 5) is 9.31. The minimum Gasteiger partial charge on any atom is -0.457 e. The summed E-state index contributed by atoms with van der Waals surface area (Å²) in [6.45, 7) is 11.0. The van der Waals surface area contributed by atoms with Gasteiger partial charge in [-0.15, -0.1) is 0 Å². The van der Waals surface area contributed by atoms with Gasteiger partial charge >= 0.3 is 0 Å². The molecule has 1 aliphatic heterocycles. The Bertz CT molecular complexity index is 4180. The summed E-state index contributed by atoms with van der Waals surface area (Å²) in [7, 11) is 0. The largest absolute Gasteiger partial charge is 0.457 e. The van der Waals surface area contributed by atoms with Crippen molar-refractivity contribution in [3.05, 3.63) is 241 Å². The lowest BCUT2D eigenvalue weighted by molar-refractivity contribution is 0.483. The minimum atomic E-state index is -2.44. The maximum atomic E-state index is 9.53. The highest BCUT2D eigenvalue weighted by molar-refractivity contribution is 6.10. The van der Waals surface area contributed by atoms with Gasteiger partial charge < -0.3 is 14.5 Å². The zero-order valence-corrected chi connectivity index (χ0v) is 42.5. The van der Waals surface area contributed by atoms with Crippen molar-refractivity contribution in [1.29, 1.82) is 0 Å². The number of aromatic nitrogens is 2. The number of nitrogens with zero attached hydrogens (tertiary/aromatic N) is 4. The second-order valence-electron chi connectivity index (χ2n) is 21.3. The molecule has 2 aromatic heterocycles. The number of anilines is 4. The first-order chi connectivity index (χ1) is 38.3. The molecule has 9 aromatic carbocycles. The van der Waals surface area contributed by atoms with Gasteiger partial charge in [-0.25, -0.2) is 4.98 Å². The average Bonchev–Trinajstić information content (AvgIpc) is 4.18. The van der Waals surface area contributed by atoms with E-state index in [9.17, 15) is 4.11 Å².